The Morgan fingerprint density at radius 3 is 1.18 bits per heavy atom. The summed E-state index contributed by atoms with van der Waals surface area (Å²) < 4.78 is 0.360. The zero-order valence-electron chi connectivity index (χ0n) is 10.2. The molecule has 0 aliphatic heterocycles. The number of rotatable bonds is 0. The Morgan fingerprint density at radius 1 is 0.588 bits per heavy atom. The van der Waals surface area contributed by atoms with Crippen LogP contribution in [0.2, 0.25) is 0 Å². The molecule has 0 nitrogen and oxygen atoms in total. The summed E-state index contributed by atoms with van der Waals surface area (Å²) in [7, 11) is 0. The summed E-state index contributed by atoms with van der Waals surface area (Å²) in [6.07, 6.45) is 12.1. The molecule has 4 atom stereocenters. The second-order valence-corrected chi connectivity index (χ2v) is 10.8. The maximum Gasteiger partial charge on any atom is 0.0940 e. The Labute approximate surface area is 121 Å². The van der Waals surface area contributed by atoms with Gasteiger partial charge in [-0.3, -0.25) is 0 Å². The number of fused-ring (bicyclic) bond motifs is 7. The minimum Gasteiger partial charge on any atom is -0.0714 e. The van der Waals surface area contributed by atoms with Gasteiger partial charge in [0, 0.05) is 10.8 Å². The van der Waals surface area contributed by atoms with Gasteiger partial charge in [0.15, 0.2) is 0 Å². The predicted octanol–water partition coefficient (Wildman–Crippen LogP) is 5.10. The fourth-order valence-electron chi connectivity index (χ4n) is 6.98. The second kappa shape index (κ2) is 2.85. The molecule has 94 valence electrons. The molecule has 0 aromatic carbocycles. The van der Waals surface area contributed by atoms with Crippen molar-refractivity contribution in [1.82, 2.24) is 0 Å². The summed E-state index contributed by atoms with van der Waals surface area (Å²) in [5.41, 5.74) is 1.44. The fourth-order valence-corrected chi connectivity index (χ4v) is 10.5. The van der Waals surface area contributed by atoms with E-state index < -0.39 is 0 Å². The van der Waals surface area contributed by atoms with Crippen LogP contribution in [0.5, 0.6) is 0 Å². The number of hydrogen-bond donors (Lipinski definition) is 0. The molecule has 0 N–H and O–H groups in total. The molecule has 5 aliphatic rings. The third-order valence-corrected chi connectivity index (χ3v) is 9.94. The molecule has 5 rings (SSSR count). The molecule has 0 amide bonds. The lowest BCUT2D eigenvalue weighted by molar-refractivity contribution is 0.480. The van der Waals surface area contributed by atoms with Crippen LogP contribution in [-0.2, 0) is 0 Å². The molecule has 17 heavy (non-hydrogen) atoms. The Hall–Kier alpha value is 0.960. The quantitative estimate of drug-likeness (QED) is 0.528. The Bertz CT molecular complexity index is 340. The summed E-state index contributed by atoms with van der Waals surface area (Å²) in [6, 6.07) is 0. The minimum absolute atomic E-state index is 0.360. The zero-order valence-corrected chi connectivity index (χ0v) is 13.4. The van der Waals surface area contributed by atoms with Crippen molar-refractivity contribution in [1.29, 1.82) is 0 Å². The van der Waals surface area contributed by atoms with Crippen molar-refractivity contribution in [3.05, 3.63) is 0 Å². The molecule has 0 heterocycles. The van der Waals surface area contributed by atoms with E-state index in [1.165, 1.54) is 51.4 Å². The van der Waals surface area contributed by atoms with Gasteiger partial charge in [-0.2, -0.15) is 0 Å². The highest BCUT2D eigenvalue weighted by molar-refractivity contribution is 9.25. The van der Waals surface area contributed by atoms with E-state index in [0.29, 0.717) is 3.23 Å². The summed E-state index contributed by atoms with van der Waals surface area (Å²) in [5.74, 6) is 4.34. The van der Waals surface area contributed by atoms with Crippen LogP contribution in [0, 0.1) is 34.5 Å². The average molecular weight is 360 g/mol. The van der Waals surface area contributed by atoms with Crippen LogP contribution >= 0.6 is 31.9 Å². The maximum absolute atomic E-state index is 4.15. The van der Waals surface area contributed by atoms with Gasteiger partial charge in [-0.25, -0.2) is 0 Å². The molecule has 4 unspecified atom stereocenters. The normalized spacial score (nSPS) is 65.3. The topological polar surface area (TPSA) is 0 Å². The third-order valence-electron chi connectivity index (χ3n) is 7.31. The SMILES string of the molecule is BrC1(Br)C2(C3CCCCC32)C12C1CCCCC12. The first-order valence-corrected chi connectivity index (χ1v) is 9.17. The fraction of sp³-hybridized carbons (Fsp3) is 1.00. The van der Waals surface area contributed by atoms with Crippen molar-refractivity contribution in [2.24, 2.45) is 34.5 Å². The highest BCUT2D eigenvalue weighted by atomic mass is 79.9. The number of alkyl halides is 2. The van der Waals surface area contributed by atoms with Gasteiger partial charge in [0.1, 0.15) is 0 Å². The van der Waals surface area contributed by atoms with Gasteiger partial charge in [-0.1, -0.05) is 57.5 Å². The molecule has 2 heteroatoms. The molecule has 0 aromatic heterocycles. The van der Waals surface area contributed by atoms with E-state index in [0.717, 1.165) is 34.5 Å². The van der Waals surface area contributed by atoms with Crippen molar-refractivity contribution in [3.63, 3.8) is 0 Å². The molecular weight excluding hydrogens is 340 g/mol. The minimum atomic E-state index is 0.360. The van der Waals surface area contributed by atoms with Crippen LogP contribution in [0.3, 0.4) is 0 Å². The molecule has 0 saturated heterocycles. The highest BCUT2D eigenvalue weighted by Gasteiger charge is 3.06. The lowest BCUT2D eigenvalue weighted by Gasteiger charge is -2.04. The van der Waals surface area contributed by atoms with Crippen LogP contribution in [0.4, 0.5) is 0 Å². The third kappa shape index (κ3) is 0.822. The number of hydrogen-bond acceptors (Lipinski definition) is 0. The predicted molar refractivity (Wildman–Crippen MR) is 76.3 cm³/mol. The van der Waals surface area contributed by atoms with Crippen molar-refractivity contribution >= 4 is 31.9 Å². The van der Waals surface area contributed by atoms with Gasteiger partial charge in [0.25, 0.3) is 0 Å². The largest absolute Gasteiger partial charge is 0.0940 e. The first-order valence-electron chi connectivity index (χ1n) is 7.58. The van der Waals surface area contributed by atoms with Crippen molar-refractivity contribution in [2.45, 2.75) is 54.6 Å². The Kier molecular flexibility index (Phi) is 1.79. The molecule has 5 saturated carbocycles. The van der Waals surface area contributed by atoms with Gasteiger partial charge in [0.2, 0.25) is 0 Å². The van der Waals surface area contributed by atoms with Gasteiger partial charge in [-0.05, 0) is 49.4 Å². The number of halogens is 2. The molecule has 5 fully saturated rings. The van der Waals surface area contributed by atoms with Crippen LogP contribution in [0.1, 0.15) is 51.4 Å². The van der Waals surface area contributed by atoms with Gasteiger partial charge in [0.05, 0.1) is 3.23 Å². The molecule has 5 aliphatic carbocycles. The summed E-state index contributed by atoms with van der Waals surface area (Å²) in [5, 5.41) is 0. The Balaban J connectivity index is 1.56. The summed E-state index contributed by atoms with van der Waals surface area (Å²) in [4.78, 5) is 0. The smallest absolute Gasteiger partial charge is 0.0714 e. The lowest BCUT2D eigenvalue weighted by Crippen LogP contribution is -1.91. The standard InChI is InChI=1S/C15H20Br2/c16-15(17)13(9-5-1-2-6-10(9)13)14(15)11-7-3-4-8-12(11)14/h9-12H,1-8H2. The summed E-state index contributed by atoms with van der Waals surface area (Å²) >= 11 is 8.30. The Morgan fingerprint density at radius 2 is 0.882 bits per heavy atom. The van der Waals surface area contributed by atoms with E-state index in [2.05, 4.69) is 31.9 Å². The molecule has 0 aromatic rings. The van der Waals surface area contributed by atoms with E-state index in [4.69, 9.17) is 0 Å². The van der Waals surface area contributed by atoms with Gasteiger partial charge >= 0.3 is 0 Å². The van der Waals surface area contributed by atoms with Crippen LogP contribution < -0.4 is 0 Å². The van der Waals surface area contributed by atoms with Gasteiger partial charge in [-0.15, -0.1) is 0 Å². The maximum atomic E-state index is 4.15. The van der Waals surface area contributed by atoms with Crippen LogP contribution in [0.15, 0.2) is 0 Å². The molecule has 0 bridgehead atoms. The highest BCUT2D eigenvalue weighted by Crippen LogP contribution is 3.07. The first kappa shape index (κ1) is 10.7. The lowest BCUT2D eigenvalue weighted by atomic mass is 10.0. The van der Waals surface area contributed by atoms with E-state index in [1.54, 1.807) is 0 Å². The van der Waals surface area contributed by atoms with E-state index in [1.807, 2.05) is 0 Å². The zero-order chi connectivity index (χ0) is 11.5. The van der Waals surface area contributed by atoms with E-state index >= 15 is 0 Å². The molecule has 0 radical (unpaired) electrons. The first-order chi connectivity index (χ1) is 8.20. The molecular formula is C15H20Br2. The van der Waals surface area contributed by atoms with Crippen LogP contribution in [0.25, 0.3) is 0 Å². The van der Waals surface area contributed by atoms with Crippen LogP contribution in [-0.4, -0.2) is 3.23 Å². The molecule has 2 spiro atoms. The van der Waals surface area contributed by atoms with Crippen molar-refractivity contribution < 1.29 is 0 Å². The average Bonchev–Trinajstić information content (AvgIpc) is 3.22. The van der Waals surface area contributed by atoms with Crippen molar-refractivity contribution in [2.75, 3.05) is 0 Å². The van der Waals surface area contributed by atoms with Gasteiger partial charge < -0.3 is 0 Å². The second-order valence-electron chi connectivity index (χ2n) is 7.31. The van der Waals surface area contributed by atoms with Crippen molar-refractivity contribution in [3.8, 4) is 0 Å². The summed E-state index contributed by atoms with van der Waals surface area (Å²) in [6.45, 7) is 0. The van der Waals surface area contributed by atoms with E-state index in [-0.39, 0.29) is 0 Å². The monoisotopic (exact) mass is 358 g/mol. The van der Waals surface area contributed by atoms with E-state index in [9.17, 15) is 0 Å².